The van der Waals surface area contributed by atoms with Gasteiger partial charge in [-0.15, -0.1) is 0 Å². The summed E-state index contributed by atoms with van der Waals surface area (Å²) in [4.78, 5) is 12.5. The molecule has 0 fully saturated rings. The number of carbonyl (C=O) groups is 1. The normalized spacial score (nSPS) is 11.1. The van der Waals surface area contributed by atoms with Crippen LogP contribution in [0.3, 0.4) is 0 Å². The van der Waals surface area contributed by atoms with Crippen molar-refractivity contribution in [2.75, 3.05) is 27.2 Å². The summed E-state index contributed by atoms with van der Waals surface area (Å²) in [5.74, 6) is -0.656. The van der Waals surface area contributed by atoms with Crippen molar-refractivity contribution in [3.63, 3.8) is 0 Å². The third kappa shape index (κ3) is 36.8. The number of allylic oxidation sites excluding steroid dienone is 2. The molecule has 0 amide bonds. The largest absolute Gasteiger partial charge is 0.481 e. The molecule has 186 valence electrons. The van der Waals surface area contributed by atoms with Crippen molar-refractivity contribution in [1.29, 1.82) is 0 Å². The van der Waals surface area contributed by atoms with Crippen LogP contribution in [-0.2, 0) is 4.79 Å². The first-order valence-corrected chi connectivity index (χ1v) is 13.3. The van der Waals surface area contributed by atoms with E-state index in [9.17, 15) is 4.79 Å². The van der Waals surface area contributed by atoms with Gasteiger partial charge in [0.1, 0.15) is 0 Å². The molecule has 0 radical (unpaired) electrons. The van der Waals surface area contributed by atoms with Gasteiger partial charge >= 0.3 is 5.97 Å². The molecule has 0 spiro atoms. The van der Waals surface area contributed by atoms with Crippen LogP contribution in [-0.4, -0.2) is 43.2 Å². The number of rotatable bonds is 22. The highest BCUT2D eigenvalue weighted by Crippen LogP contribution is 2.12. The SMILES string of the molecule is CCCCCCCC/C=C\CCCCCCCCCCCC(=O)O.CN(C)CCCN. The Morgan fingerprint density at radius 1 is 0.710 bits per heavy atom. The lowest BCUT2D eigenvalue weighted by Gasteiger charge is -2.05. The number of carboxylic acid groups (broad SMARTS) is 1. The van der Waals surface area contributed by atoms with E-state index < -0.39 is 5.97 Å². The number of nitrogens with two attached hydrogens (primary N) is 1. The van der Waals surface area contributed by atoms with Gasteiger partial charge in [0.05, 0.1) is 0 Å². The Balaban J connectivity index is 0. The predicted octanol–water partition coefficient (Wildman–Crippen LogP) is 7.57. The predicted molar refractivity (Wildman–Crippen MR) is 138 cm³/mol. The van der Waals surface area contributed by atoms with E-state index in [4.69, 9.17) is 10.8 Å². The Kier molecular flexibility index (Phi) is 30.4. The van der Waals surface area contributed by atoms with Crippen LogP contribution >= 0.6 is 0 Å². The van der Waals surface area contributed by atoms with Gasteiger partial charge in [-0.1, -0.05) is 96.1 Å². The molecule has 0 bridgehead atoms. The van der Waals surface area contributed by atoms with Crippen molar-refractivity contribution in [3.05, 3.63) is 12.2 Å². The summed E-state index contributed by atoms with van der Waals surface area (Å²) in [6.07, 6.45) is 28.2. The summed E-state index contributed by atoms with van der Waals surface area (Å²) < 4.78 is 0. The van der Waals surface area contributed by atoms with Gasteiger partial charge in [0.15, 0.2) is 0 Å². The highest BCUT2D eigenvalue weighted by atomic mass is 16.4. The zero-order valence-corrected chi connectivity index (χ0v) is 21.4. The Bertz CT molecular complexity index is 370. The summed E-state index contributed by atoms with van der Waals surface area (Å²) in [6.45, 7) is 4.18. The van der Waals surface area contributed by atoms with E-state index in [1.54, 1.807) is 0 Å². The van der Waals surface area contributed by atoms with Crippen molar-refractivity contribution >= 4 is 5.97 Å². The molecule has 0 aliphatic rings. The first-order chi connectivity index (χ1) is 15.0. The van der Waals surface area contributed by atoms with Gasteiger partial charge < -0.3 is 15.7 Å². The fourth-order valence-electron chi connectivity index (χ4n) is 3.46. The minimum Gasteiger partial charge on any atom is -0.481 e. The van der Waals surface area contributed by atoms with Crippen LogP contribution in [0.4, 0.5) is 0 Å². The summed E-state index contributed by atoms with van der Waals surface area (Å²) >= 11 is 0. The Labute approximate surface area is 195 Å². The molecule has 0 heterocycles. The van der Waals surface area contributed by atoms with Gasteiger partial charge in [0, 0.05) is 6.42 Å². The fourth-order valence-corrected chi connectivity index (χ4v) is 3.46. The van der Waals surface area contributed by atoms with E-state index in [0.717, 1.165) is 32.4 Å². The number of carboxylic acids is 1. The van der Waals surface area contributed by atoms with Crippen molar-refractivity contribution < 1.29 is 9.90 Å². The fraction of sp³-hybridized carbons (Fsp3) is 0.889. The lowest BCUT2D eigenvalue weighted by atomic mass is 10.1. The molecule has 0 atom stereocenters. The second-order valence-electron chi connectivity index (χ2n) is 9.09. The van der Waals surface area contributed by atoms with Crippen LogP contribution in [0, 0.1) is 0 Å². The smallest absolute Gasteiger partial charge is 0.303 e. The molecule has 31 heavy (non-hydrogen) atoms. The van der Waals surface area contributed by atoms with Crippen LogP contribution < -0.4 is 5.73 Å². The Morgan fingerprint density at radius 2 is 1.13 bits per heavy atom. The van der Waals surface area contributed by atoms with Crippen molar-refractivity contribution in [3.8, 4) is 0 Å². The number of aliphatic carboxylic acids is 1. The molecule has 4 nitrogen and oxygen atoms in total. The minimum atomic E-state index is -0.656. The number of unbranched alkanes of at least 4 members (excludes halogenated alkanes) is 15. The maximum absolute atomic E-state index is 10.4. The third-order valence-corrected chi connectivity index (χ3v) is 5.46. The average molecular weight is 441 g/mol. The molecule has 4 heteroatoms. The first-order valence-electron chi connectivity index (χ1n) is 13.3. The molecule has 0 aromatic heterocycles. The van der Waals surface area contributed by atoms with Crippen molar-refractivity contribution in [2.24, 2.45) is 5.73 Å². The van der Waals surface area contributed by atoms with Crippen molar-refractivity contribution in [2.45, 2.75) is 129 Å². The number of hydrogen-bond acceptors (Lipinski definition) is 3. The van der Waals surface area contributed by atoms with E-state index in [1.165, 1.54) is 96.3 Å². The van der Waals surface area contributed by atoms with Gasteiger partial charge in [-0.3, -0.25) is 4.79 Å². The molecule has 0 aliphatic heterocycles. The second kappa shape index (κ2) is 29.1. The summed E-state index contributed by atoms with van der Waals surface area (Å²) in [7, 11) is 4.10. The van der Waals surface area contributed by atoms with E-state index in [0.29, 0.717) is 6.42 Å². The maximum atomic E-state index is 10.4. The molecule has 3 N–H and O–H groups in total. The highest BCUT2D eigenvalue weighted by molar-refractivity contribution is 5.66. The van der Waals surface area contributed by atoms with Gasteiger partial charge in [0.2, 0.25) is 0 Å². The van der Waals surface area contributed by atoms with E-state index in [2.05, 4.69) is 38.1 Å². The molecule has 0 saturated carbocycles. The monoisotopic (exact) mass is 440 g/mol. The molecule has 0 aliphatic carbocycles. The van der Waals surface area contributed by atoms with Crippen LogP contribution in [0.1, 0.15) is 129 Å². The maximum Gasteiger partial charge on any atom is 0.303 e. The van der Waals surface area contributed by atoms with Gasteiger partial charge in [-0.05, 0) is 65.7 Å². The van der Waals surface area contributed by atoms with Crippen LogP contribution in [0.5, 0.6) is 0 Å². The van der Waals surface area contributed by atoms with Gasteiger partial charge in [-0.25, -0.2) is 0 Å². The highest BCUT2D eigenvalue weighted by Gasteiger charge is 1.96. The topological polar surface area (TPSA) is 66.6 Å². The molecule has 0 unspecified atom stereocenters. The lowest BCUT2D eigenvalue weighted by Crippen LogP contribution is -2.16. The Morgan fingerprint density at radius 3 is 1.48 bits per heavy atom. The third-order valence-electron chi connectivity index (χ3n) is 5.46. The van der Waals surface area contributed by atoms with Crippen LogP contribution in [0.25, 0.3) is 0 Å². The van der Waals surface area contributed by atoms with Crippen LogP contribution in [0.15, 0.2) is 12.2 Å². The molecule has 0 aromatic rings. The van der Waals surface area contributed by atoms with Crippen LogP contribution in [0.2, 0.25) is 0 Å². The second-order valence-corrected chi connectivity index (χ2v) is 9.09. The zero-order valence-electron chi connectivity index (χ0n) is 21.4. The van der Waals surface area contributed by atoms with E-state index in [1.807, 2.05) is 0 Å². The quantitative estimate of drug-likeness (QED) is 0.135. The van der Waals surface area contributed by atoms with E-state index >= 15 is 0 Å². The average Bonchev–Trinajstić information content (AvgIpc) is 2.74. The molecular weight excluding hydrogens is 384 g/mol. The summed E-state index contributed by atoms with van der Waals surface area (Å²) in [6, 6.07) is 0. The molecule has 0 saturated heterocycles. The summed E-state index contributed by atoms with van der Waals surface area (Å²) in [5, 5.41) is 8.55. The van der Waals surface area contributed by atoms with E-state index in [-0.39, 0.29) is 0 Å². The minimum absolute atomic E-state index is 0.340. The number of nitrogens with zero attached hydrogens (tertiary/aromatic N) is 1. The first kappa shape index (κ1) is 32.3. The zero-order chi connectivity index (χ0) is 23.4. The summed E-state index contributed by atoms with van der Waals surface area (Å²) in [5.41, 5.74) is 5.25. The van der Waals surface area contributed by atoms with Gasteiger partial charge in [-0.2, -0.15) is 0 Å². The number of hydrogen-bond donors (Lipinski definition) is 2. The molecule has 0 rings (SSSR count). The molecular formula is C27H56N2O2. The van der Waals surface area contributed by atoms with Crippen molar-refractivity contribution in [1.82, 2.24) is 4.90 Å². The standard InChI is InChI=1S/C22H42O2.C5H14N2/c1-2-3-4-5-6-7-8-9-10-11-12-13-14-15-16-17-18-19-20-21-22(23)24;1-7(2)5-3-4-6/h9-10H,2-8,11-21H2,1H3,(H,23,24);3-6H2,1-2H3/b10-9-;. The lowest BCUT2D eigenvalue weighted by molar-refractivity contribution is -0.137. The molecule has 0 aromatic carbocycles. The Hall–Kier alpha value is -0.870. The van der Waals surface area contributed by atoms with Gasteiger partial charge in [0.25, 0.3) is 0 Å².